The number of carbonyl (C=O) groups excluding carboxylic acids is 1. The third-order valence-electron chi connectivity index (χ3n) is 2.11. The van der Waals surface area contributed by atoms with Crippen molar-refractivity contribution in [2.45, 2.75) is 19.8 Å². The number of nitro benzene ring substituents is 1. The lowest BCUT2D eigenvalue weighted by molar-refractivity contribution is -0.385. The van der Waals surface area contributed by atoms with Gasteiger partial charge in [0.1, 0.15) is 11.4 Å². The smallest absolute Gasteiger partial charge is 0.345 e. The highest BCUT2D eigenvalue weighted by molar-refractivity contribution is 5.93. The van der Waals surface area contributed by atoms with Gasteiger partial charge in [-0.15, -0.1) is 0 Å². The number of esters is 1. The molecule has 0 unspecified atom stereocenters. The molecular weight excluding hydrogens is 229 g/mol. The predicted octanol–water partition coefficient (Wildman–Crippen LogP) is 2.69. The van der Waals surface area contributed by atoms with Crippen LogP contribution in [0.2, 0.25) is 0 Å². The molecule has 0 atom stereocenters. The van der Waals surface area contributed by atoms with Crippen LogP contribution in [0.5, 0.6) is 0 Å². The van der Waals surface area contributed by atoms with Crippen LogP contribution in [0.4, 0.5) is 10.1 Å². The summed E-state index contributed by atoms with van der Waals surface area (Å²) in [5.41, 5.74) is -0.806. The van der Waals surface area contributed by atoms with Crippen molar-refractivity contribution < 1.29 is 18.8 Å². The van der Waals surface area contributed by atoms with E-state index in [9.17, 15) is 19.3 Å². The molecule has 0 fully saturated rings. The van der Waals surface area contributed by atoms with E-state index in [1.54, 1.807) is 0 Å². The minimum atomic E-state index is -0.806. The Kier molecular flexibility index (Phi) is 4.56. The van der Waals surface area contributed by atoms with Crippen LogP contribution in [0, 0.1) is 15.9 Å². The summed E-state index contributed by atoms with van der Waals surface area (Å²) in [6, 6.07) is 2.75. The SMILES string of the molecule is CCCCOC(=O)c1ccc(F)cc1[N+](=O)[O-]. The molecule has 0 aliphatic heterocycles. The van der Waals surface area contributed by atoms with Gasteiger partial charge in [0.25, 0.3) is 5.69 Å². The summed E-state index contributed by atoms with van der Waals surface area (Å²) in [5.74, 6) is -1.56. The Bertz CT molecular complexity index is 433. The minimum Gasteiger partial charge on any atom is -0.462 e. The van der Waals surface area contributed by atoms with Crippen LogP contribution in [0.15, 0.2) is 18.2 Å². The Hall–Kier alpha value is -1.98. The Labute approximate surface area is 97.3 Å². The van der Waals surface area contributed by atoms with Crippen molar-refractivity contribution >= 4 is 11.7 Å². The molecule has 0 saturated heterocycles. The van der Waals surface area contributed by atoms with Gasteiger partial charge < -0.3 is 4.74 Å². The first-order valence-corrected chi connectivity index (χ1v) is 5.17. The van der Waals surface area contributed by atoms with E-state index in [1.165, 1.54) is 0 Å². The first kappa shape index (κ1) is 13.1. The molecule has 0 N–H and O–H groups in total. The number of halogens is 1. The summed E-state index contributed by atoms with van der Waals surface area (Å²) in [6.07, 6.45) is 1.53. The van der Waals surface area contributed by atoms with Gasteiger partial charge in [-0.2, -0.15) is 0 Å². The van der Waals surface area contributed by atoms with Gasteiger partial charge >= 0.3 is 5.97 Å². The third-order valence-corrected chi connectivity index (χ3v) is 2.11. The van der Waals surface area contributed by atoms with Crippen molar-refractivity contribution in [2.75, 3.05) is 6.61 Å². The van der Waals surface area contributed by atoms with Crippen molar-refractivity contribution in [3.05, 3.63) is 39.7 Å². The van der Waals surface area contributed by atoms with E-state index in [0.29, 0.717) is 12.5 Å². The Balaban J connectivity index is 2.89. The number of hydrogen-bond acceptors (Lipinski definition) is 4. The summed E-state index contributed by atoms with van der Waals surface area (Å²) in [5, 5.41) is 10.6. The summed E-state index contributed by atoms with van der Waals surface area (Å²) in [7, 11) is 0. The fraction of sp³-hybridized carbons (Fsp3) is 0.364. The van der Waals surface area contributed by atoms with Crippen molar-refractivity contribution in [3.8, 4) is 0 Å². The van der Waals surface area contributed by atoms with Gasteiger partial charge in [-0.3, -0.25) is 10.1 Å². The summed E-state index contributed by atoms with van der Waals surface area (Å²) in [6.45, 7) is 2.12. The van der Waals surface area contributed by atoms with Gasteiger partial charge in [0.2, 0.25) is 0 Å². The van der Waals surface area contributed by atoms with Crippen molar-refractivity contribution in [1.29, 1.82) is 0 Å². The molecule has 0 aliphatic carbocycles. The second kappa shape index (κ2) is 5.93. The number of carbonyl (C=O) groups is 1. The third kappa shape index (κ3) is 3.51. The van der Waals surface area contributed by atoms with E-state index < -0.39 is 22.4 Å². The topological polar surface area (TPSA) is 69.4 Å². The Morgan fingerprint density at radius 3 is 2.82 bits per heavy atom. The maximum Gasteiger partial charge on any atom is 0.345 e. The van der Waals surface area contributed by atoms with Crippen molar-refractivity contribution in [3.63, 3.8) is 0 Å². The molecule has 0 aromatic heterocycles. The van der Waals surface area contributed by atoms with Gasteiger partial charge in [-0.1, -0.05) is 13.3 Å². The lowest BCUT2D eigenvalue weighted by Gasteiger charge is -2.04. The van der Waals surface area contributed by atoms with Crippen molar-refractivity contribution in [1.82, 2.24) is 0 Å². The lowest BCUT2D eigenvalue weighted by atomic mass is 10.2. The normalized spacial score (nSPS) is 10.0. The van der Waals surface area contributed by atoms with Gasteiger partial charge in [0.15, 0.2) is 0 Å². The molecule has 0 spiro atoms. The van der Waals surface area contributed by atoms with E-state index in [4.69, 9.17) is 4.74 Å². The van der Waals surface area contributed by atoms with Gasteiger partial charge in [-0.05, 0) is 18.6 Å². The first-order valence-electron chi connectivity index (χ1n) is 5.17. The average molecular weight is 241 g/mol. The molecule has 0 aliphatic rings. The molecule has 0 heterocycles. The van der Waals surface area contributed by atoms with Gasteiger partial charge in [-0.25, -0.2) is 9.18 Å². The second-order valence-corrected chi connectivity index (χ2v) is 3.41. The Morgan fingerprint density at radius 2 is 2.24 bits per heavy atom. The molecule has 1 rings (SSSR count). The van der Waals surface area contributed by atoms with E-state index in [1.807, 2.05) is 6.92 Å². The van der Waals surface area contributed by atoms with E-state index in [-0.39, 0.29) is 12.2 Å². The van der Waals surface area contributed by atoms with Crippen molar-refractivity contribution in [2.24, 2.45) is 0 Å². The number of hydrogen-bond donors (Lipinski definition) is 0. The second-order valence-electron chi connectivity index (χ2n) is 3.41. The highest BCUT2D eigenvalue weighted by Crippen LogP contribution is 2.20. The zero-order valence-corrected chi connectivity index (χ0v) is 9.31. The zero-order chi connectivity index (χ0) is 12.8. The van der Waals surface area contributed by atoms with Crippen LogP contribution in [0.25, 0.3) is 0 Å². The lowest BCUT2D eigenvalue weighted by Crippen LogP contribution is -2.09. The molecule has 92 valence electrons. The maximum absolute atomic E-state index is 12.8. The summed E-state index contributed by atoms with van der Waals surface area (Å²) >= 11 is 0. The van der Waals surface area contributed by atoms with Gasteiger partial charge in [0, 0.05) is 0 Å². The van der Waals surface area contributed by atoms with E-state index in [2.05, 4.69) is 0 Å². The molecule has 6 heteroatoms. The molecular formula is C11H12FNO4. The molecule has 5 nitrogen and oxygen atoms in total. The average Bonchev–Trinajstić information content (AvgIpc) is 2.29. The number of nitrogens with zero attached hydrogens (tertiary/aromatic N) is 1. The zero-order valence-electron chi connectivity index (χ0n) is 9.31. The quantitative estimate of drug-likeness (QED) is 0.344. The Morgan fingerprint density at radius 1 is 1.53 bits per heavy atom. The number of unbranched alkanes of at least 4 members (excludes halogenated alkanes) is 1. The fourth-order valence-corrected chi connectivity index (χ4v) is 1.22. The first-order chi connectivity index (χ1) is 8.06. The summed E-state index contributed by atoms with van der Waals surface area (Å²) < 4.78 is 17.7. The largest absolute Gasteiger partial charge is 0.462 e. The monoisotopic (exact) mass is 241 g/mol. The molecule has 0 amide bonds. The molecule has 0 saturated carbocycles. The predicted molar refractivity (Wildman–Crippen MR) is 58.2 cm³/mol. The summed E-state index contributed by atoms with van der Waals surface area (Å²) in [4.78, 5) is 21.3. The van der Waals surface area contributed by atoms with Crippen LogP contribution in [-0.4, -0.2) is 17.5 Å². The van der Waals surface area contributed by atoms with E-state index >= 15 is 0 Å². The minimum absolute atomic E-state index is 0.198. The standard InChI is InChI=1S/C11H12FNO4/c1-2-3-6-17-11(14)9-5-4-8(12)7-10(9)13(15)16/h4-5,7H,2-3,6H2,1H3. The number of nitro groups is 1. The van der Waals surface area contributed by atoms with E-state index in [0.717, 1.165) is 18.6 Å². The maximum atomic E-state index is 12.8. The van der Waals surface area contributed by atoms with Gasteiger partial charge in [0.05, 0.1) is 17.6 Å². The van der Waals surface area contributed by atoms with Crippen LogP contribution < -0.4 is 0 Å². The van der Waals surface area contributed by atoms with Crippen LogP contribution in [0.1, 0.15) is 30.1 Å². The fourth-order valence-electron chi connectivity index (χ4n) is 1.22. The molecule has 1 aromatic rings. The van der Waals surface area contributed by atoms with Crippen LogP contribution >= 0.6 is 0 Å². The molecule has 0 radical (unpaired) electrons. The number of benzene rings is 1. The number of rotatable bonds is 5. The molecule has 1 aromatic carbocycles. The molecule has 0 bridgehead atoms. The van der Waals surface area contributed by atoms with Crippen LogP contribution in [0.3, 0.4) is 0 Å². The molecule has 17 heavy (non-hydrogen) atoms. The highest BCUT2D eigenvalue weighted by atomic mass is 19.1. The highest BCUT2D eigenvalue weighted by Gasteiger charge is 2.21. The number of ether oxygens (including phenoxy) is 1. The van der Waals surface area contributed by atoms with Crippen LogP contribution in [-0.2, 0) is 4.74 Å².